The van der Waals surface area contributed by atoms with Crippen LogP contribution in [0.25, 0.3) is 0 Å². The lowest BCUT2D eigenvalue weighted by Gasteiger charge is -2.18. The number of carbonyl (C=O) groups excluding carboxylic acids is 2. The highest BCUT2D eigenvalue weighted by molar-refractivity contribution is 6.21. The number of benzene rings is 1. The lowest BCUT2D eigenvalue weighted by molar-refractivity contribution is 0.0545. The summed E-state index contributed by atoms with van der Waals surface area (Å²) in [6.45, 7) is 3.05. The van der Waals surface area contributed by atoms with Crippen LogP contribution in [0.4, 0.5) is 0 Å². The molecular formula is C13H16N2O3. The highest BCUT2D eigenvalue weighted by Crippen LogP contribution is 2.22. The third-order valence-electron chi connectivity index (χ3n) is 2.90. The minimum absolute atomic E-state index is 0.0271. The highest BCUT2D eigenvalue weighted by Gasteiger charge is 2.35. The Balaban J connectivity index is 2.09. The third kappa shape index (κ3) is 2.27. The number of aliphatic hydroxyl groups is 1. The minimum atomic E-state index is -0.743. The normalized spacial score (nSPS) is 16.0. The van der Waals surface area contributed by atoms with Crippen LogP contribution in [0.5, 0.6) is 0 Å². The van der Waals surface area contributed by atoms with Gasteiger partial charge in [0.25, 0.3) is 11.8 Å². The standard InChI is InChI=1S/C13H16N2O3/c1-2-14-7-9(16)8-15-12(17)10-5-3-4-6-11(10)13(15)18/h3-6,9,14,16H,2,7-8H2,1H3. The zero-order chi connectivity index (χ0) is 13.1. The zero-order valence-corrected chi connectivity index (χ0v) is 10.2. The van der Waals surface area contributed by atoms with Crippen LogP contribution in [-0.4, -0.2) is 47.6 Å². The van der Waals surface area contributed by atoms with Gasteiger partial charge in [-0.2, -0.15) is 0 Å². The maximum absolute atomic E-state index is 12.0. The fourth-order valence-electron chi connectivity index (χ4n) is 1.99. The molecule has 0 fully saturated rings. The second kappa shape index (κ2) is 5.29. The number of fused-ring (bicyclic) bond motifs is 1. The number of nitrogens with zero attached hydrogens (tertiary/aromatic N) is 1. The molecule has 0 aliphatic carbocycles. The first-order valence-corrected chi connectivity index (χ1v) is 5.99. The molecular weight excluding hydrogens is 232 g/mol. The number of amides is 2. The number of likely N-dealkylation sites (N-methyl/N-ethyl adjacent to an activating group) is 1. The molecule has 1 aromatic rings. The summed E-state index contributed by atoms with van der Waals surface area (Å²) in [7, 11) is 0. The van der Waals surface area contributed by atoms with Crippen molar-refractivity contribution in [3.63, 3.8) is 0 Å². The lowest BCUT2D eigenvalue weighted by Crippen LogP contribution is -2.41. The van der Waals surface area contributed by atoms with E-state index in [2.05, 4.69) is 5.32 Å². The number of aliphatic hydroxyl groups excluding tert-OH is 1. The molecule has 0 spiro atoms. The van der Waals surface area contributed by atoms with Gasteiger partial charge < -0.3 is 10.4 Å². The Morgan fingerprint density at radius 2 is 1.78 bits per heavy atom. The quantitative estimate of drug-likeness (QED) is 0.733. The van der Waals surface area contributed by atoms with E-state index in [1.165, 1.54) is 0 Å². The van der Waals surface area contributed by atoms with E-state index >= 15 is 0 Å². The Hall–Kier alpha value is -1.72. The molecule has 0 saturated heterocycles. The first kappa shape index (κ1) is 12.7. The average Bonchev–Trinajstić information content (AvgIpc) is 2.62. The van der Waals surface area contributed by atoms with Gasteiger partial charge in [0, 0.05) is 6.54 Å². The molecule has 1 unspecified atom stereocenters. The molecule has 5 heteroatoms. The van der Waals surface area contributed by atoms with E-state index in [1.807, 2.05) is 6.92 Å². The topological polar surface area (TPSA) is 69.6 Å². The predicted molar refractivity (Wildman–Crippen MR) is 66.4 cm³/mol. The van der Waals surface area contributed by atoms with E-state index in [-0.39, 0.29) is 18.4 Å². The molecule has 1 aliphatic heterocycles. The molecule has 2 amide bonds. The van der Waals surface area contributed by atoms with Gasteiger partial charge in [0.05, 0.1) is 23.8 Å². The van der Waals surface area contributed by atoms with Crippen molar-refractivity contribution in [1.82, 2.24) is 10.2 Å². The molecule has 0 saturated carbocycles. The van der Waals surface area contributed by atoms with Crippen molar-refractivity contribution in [2.75, 3.05) is 19.6 Å². The Morgan fingerprint density at radius 3 is 2.28 bits per heavy atom. The van der Waals surface area contributed by atoms with Crippen LogP contribution in [-0.2, 0) is 0 Å². The maximum Gasteiger partial charge on any atom is 0.261 e. The molecule has 1 heterocycles. The Bertz CT molecular complexity index is 438. The average molecular weight is 248 g/mol. The first-order chi connectivity index (χ1) is 8.65. The van der Waals surface area contributed by atoms with Gasteiger partial charge in [-0.25, -0.2) is 0 Å². The second-order valence-corrected chi connectivity index (χ2v) is 4.23. The van der Waals surface area contributed by atoms with Crippen molar-refractivity contribution in [1.29, 1.82) is 0 Å². The third-order valence-corrected chi connectivity index (χ3v) is 2.90. The van der Waals surface area contributed by atoms with Crippen molar-refractivity contribution in [2.24, 2.45) is 0 Å². The van der Waals surface area contributed by atoms with E-state index in [4.69, 9.17) is 0 Å². The van der Waals surface area contributed by atoms with Gasteiger partial charge in [0.2, 0.25) is 0 Å². The summed E-state index contributed by atoms with van der Waals surface area (Å²) >= 11 is 0. The summed E-state index contributed by atoms with van der Waals surface area (Å²) in [6.07, 6.45) is -0.743. The van der Waals surface area contributed by atoms with Gasteiger partial charge >= 0.3 is 0 Å². The number of hydrogen-bond donors (Lipinski definition) is 2. The van der Waals surface area contributed by atoms with Gasteiger partial charge in [-0.1, -0.05) is 19.1 Å². The Morgan fingerprint density at radius 1 is 1.22 bits per heavy atom. The maximum atomic E-state index is 12.0. The summed E-state index contributed by atoms with van der Waals surface area (Å²) in [5.74, 6) is -0.655. The summed E-state index contributed by atoms with van der Waals surface area (Å²) in [5.41, 5.74) is 0.830. The van der Waals surface area contributed by atoms with Crippen molar-refractivity contribution >= 4 is 11.8 Å². The van der Waals surface area contributed by atoms with E-state index in [0.717, 1.165) is 11.4 Å². The molecule has 0 aromatic heterocycles. The van der Waals surface area contributed by atoms with Crippen LogP contribution >= 0.6 is 0 Å². The van der Waals surface area contributed by atoms with Crippen LogP contribution in [0.15, 0.2) is 24.3 Å². The lowest BCUT2D eigenvalue weighted by atomic mass is 10.1. The molecule has 2 rings (SSSR count). The Kier molecular flexibility index (Phi) is 3.74. The number of β-amino-alcohol motifs (C(OH)–C–C–N with tert-alkyl or cyclic N) is 1. The summed E-state index contributed by atoms with van der Waals surface area (Å²) in [6, 6.07) is 6.71. The SMILES string of the molecule is CCNCC(O)CN1C(=O)c2ccccc2C1=O. The molecule has 0 radical (unpaired) electrons. The van der Waals surface area contributed by atoms with Gasteiger partial charge in [0.15, 0.2) is 0 Å². The van der Waals surface area contributed by atoms with Crippen LogP contribution in [0.1, 0.15) is 27.6 Å². The summed E-state index contributed by atoms with van der Waals surface area (Å²) < 4.78 is 0. The molecule has 96 valence electrons. The van der Waals surface area contributed by atoms with Crippen LogP contribution in [0, 0.1) is 0 Å². The van der Waals surface area contributed by atoms with E-state index in [1.54, 1.807) is 24.3 Å². The summed E-state index contributed by atoms with van der Waals surface area (Å²) in [4.78, 5) is 25.1. The monoisotopic (exact) mass is 248 g/mol. The van der Waals surface area contributed by atoms with E-state index in [0.29, 0.717) is 17.7 Å². The van der Waals surface area contributed by atoms with Crippen molar-refractivity contribution in [2.45, 2.75) is 13.0 Å². The Labute approximate surface area is 105 Å². The van der Waals surface area contributed by atoms with Crippen LogP contribution < -0.4 is 5.32 Å². The molecule has 5 nitrogen and oxygen atoms in total. The number of carbonyl (C=O) groups is 2. The van der Waals surface area contributed by atoms with Crippen molar-refractivity contribution in [3.05, 3.63) is 35.4 Å². The fraction of sp³-hybridized carbons (Fsp3) is 0.385. The largest absolute Gasteiger partial charge is 0.390 e. The summed E-state index contributed by atoms with van der Waals surface area (Å²) in [5, 5.41) is 12.7. The van der Waals surface area contributed by atoms with Crippen molar-refractivity contribution < 1.29 is 14.7 Å². The van der Waals surface area contributed by atoms with Crippen LogP contribution in [0.3, 0.4) is 0 Å². The minimum Gasteiger partial charge on any atom is -0.390 e. The highest BCUT2D eigenvalue weighted by atomic mass is 16.3. The van der Waals surface area contributed by atoms with Gasteiger partial charge in [0.1, 0.15) is 0 Å². The van der Waals surface area contributed by atoms with Crippen LogP contribution in [0.2, 0.25) is 0 Å². The van der Waals surface area contributed by atoms with Gasteiger partial charge in [-0.15, -0.1) is 0 Å². The van der Waals surface area contributed by atoms with Gasteiger partial charge in [-0.3, -0.25) is 14.5 Å². The molecule has 1 atom stereocenters. The molecule has 2 N–H and O–H groups in total. The second-order valence-electron chi connectivity index (χ2n) is 4.23. The molecule has 18 heavy (non-hydrogen) atoms. The van der Waals surface area contributed by atoms with E-state index in [9.17, 15) is 14.7 Å². The smallest absolute Gasteiger partial charge is 0.261 e. The van der Waals surface area contributed by atoms with Gasteiger partial charge in [-0.05, 0) is 18.7 Å². The number of hydrogen-bond acceptors (Lipinski definition) is 4. The molecule has 1 aliphatic rings. The zero-order valence-electron chi connectivity index (χ0n) is 10.2. The number of imide groups is 1. The first-order valence-electron chi connectivity index (χ1n) is 5.99. The van der Waals surface area contributed by atoms with Crippen molar-refractivity contribution in [3.8, 4) is 0 Å². The molecule has 1 aromatic carbocycles. The number of nitrogens with one attached hydrogen (secondary N) is 1. The van der Waals surface area contributed by atoms with E-state index < -0.39 is 6.10 Å². The fourth-order valence-corrected chi connectivity index (χ4v) is 1.99. The molecule has 0 bridgehead atoms. The predicted octanol–water partition coefficient (Wildman–Crippen LogP) is 0.253. The number of rotatable bonds is 5.